The zero-order valence-corrected chi connectivity index (χ0v) is 19.8. The van der Waals surface area contributed by atoms with Crippen molar-refractivity contribution in [3.8, 4) is 17.1 Å². The Bertz CT molecular complexity index is 707. The Balaban J connectivity index is 1.62. The molecule has 0 bridgehead atoms. The van der Waals surface area contributed by atoms with Crippen molar-refractivity contribution in [2.24, 2.45) is 0 Å². The topological polar surface area (TPSA) is 35.0 Å². The van der Waals surface area contributed by atoms with Gasteiger partial charge in [0.05, 0.1) is 6.61 Å². The summed E-state index contributed by atoms with van der Waals surface area (Å²) in [5.74, 6) is 1.71. The molecule has 2 rings (SSSR count). The Labute approximate surface area is 190 Å². The van der Waals surface area contributed by atoms with Gasteiger partial charge in [-0.2, -0.15) is 0 Å². The largest absolute Gasteiger partial charge is 0.494 e. The highest BCUT2D eigenvalue weighted by molar-refractivity contribution is 5.55. The van der Waals surface area contributed by atoms with Gasteiger partial charge < -0.3 is 4.74 Å². The van der Waals surface area contributed by atoms with Crippen LogP contribution in [0.3, 0.4) is 0 Å². The summed E-state index contributed by atoms with van der Waals surface area (Å²) >= 11 is 0. The minimum absolute atomic E-state index is 0.786. The van der Waals surface area contributed by atoms with Crippen molar-refractivity contribution in [2.75, 3.05) is 6.61 Å². The third-order valence-electron chi connectivity index (χ3n) is 5.54. The zero-order valence-electron chi connectivity index (χ0n) is 19.8. The first-order valence-corrected chi connectivity index (χ1v) is 12.5. The average molecular weight is 423 g/mol. The fourth-order valence-electron chi connectivity index (χ4n) is 3.58. The van der Waals surface area contributed by atoms with Gasteiger partial charge in [0.25, 0.3) is 0 Å². The van der Waals surface area contributed by atoms with Gasteiger partial charge in [0, 0.05) is 18.0 Å². The summed E-state index contributed by atoms with van der Waals surface area (Å²) in [7, 11) is 0. The summed E-state index contributed by atoms with van der Waals surface area (Å²) in [6, 6.07) is 8.16. The maximum absolute atomic E-state index is 5.89. The Morgan fingerprint density at radius 1 is 0.710 bits per heavy atom. The molecule has 170 valence electrons. The number of aryl methyl sites for hydroxylation is 1. The highest BCUT2D eigenvalue weighted by atomic mass is 16.5. The maximum atomic E-state index is 5.89. The van der Waals surface area contributed by atoms with Crippen molar-refractivity contribution in [3.05, 3.63) is 54.4 Å². The normalized spacial score (nSPS) is 11.3. The molecule has 0 aliphatic rings. The summed E-state index contributed by atoms with van der Waals surface area (Å²) in [6.07, 6.45) is 24.7. The van der Waals surface area contributed by atoms with E-state index < -0.39 is 0 Å². The summed E-state index contributed by atoms with van der Waals surface area (Å²) in [4.78, 5) is 9.13. The van der Waals surface area contributed by atoms with Gasteiger partial charge in [-0.25, -0.2) is 9.97 Å². The first kappa shape index (κ1) is 25.1. The van der Waals surface area contributed by atoms with E-state index in [-0.39, 0.29) is 0 Å². The van der Waals surface area contributed by atoms with Crippen molar-refractivity contribution in [3.63, 3.8) is 0 Å². The minimum Gasteiger partial charge on any atom is -0.494 e. The molecule has 0 spiro atoms. The van der Waals surface area contributed by atoms with Gasteiger partial charge >= 0.3 is 0 Å². The molecule has 0 aliphatic carbocycles. The molecular formula is C28H42N2O. The predicted molar refractivity (Wildman–Crippen MR) is 133 cm³/mol. The number of hydrogen-bond donors (Lipinski definition) is 0. The number of aromatic nitrogens is 2. The van der Waals surface area contributed by atoms with Crippen LogP contribution in [-0.4, -0.2) is 16.6 Å². The lowest BCUT2D eigenvalue weighted by Crippen LogP contribution is -1.97. The molecule has 0 aliphatic heterocycles. The molecule has 0 N–H and O–H groups in total. The fourth-order valence-corrected chi connectivity index (χ4v) is 3.58. The molecule has 2 aromatic rings. The van der Waals surface area contributed by atoms with Gasteiger partial charge in [-0.3, -0.25) is 0 Å². The summed E-state index contributed by atoms with van der Waals surface area (Å²) < 4.78 is 5.89. The van der Waals surface area contributed by atoms with Crippen molar-refractivity contribution < 1.29 is 4.74 Å². The second-order valence-electron chi connectivity index (χ2n) is 8.41. The molecule has 0 saturated carbocycles. The summed E-state index contributed by atoms with van der Waals surface area (Å²) in [6.45, 7) is 5.26. The molecule has 3 nitrogen and oxygen atoms in total. The lowest BCUT2D eigenvalue weighted by Gasteiger charge is -2.07. The number of allylic oxidation sites excluding steroid dienone is 2. The molecule has 0 unspecified atom stereocenters. The van der Waals surface area contributed by atoms with Crippen molar-refractivity contribution >= 4 is 0 Å². The molecule has 0 atom stereocenters. The van der Waals surface area contributed by atoms with Crippen LogP contribution in [0.5, 0.6) is 5.75 Å². The van der Waals surface area contributed by atoms with Crippen LogP contribution in [0.1, 0.15) is 96.5 Å². The van der Waals surface area contributed by atoms with E-state index in [4.69, 9.17) is 4.74 Å². The Kier molecular flexibility index (Phi) is 13.4. The van der Waals surface area contributed by atoms with Crippen LogP contribution < -0.4 is 4.74 Å². The van der Waals surface area contributed by atoms with Crippen molar-refractivity contribution in [1.82, 2.24) is 9.97 Å². The lowest BCUT2D eigenvalue weighted by atomic mass is 10.1. The summed E-state index contributed by atoms with van der Waals surface area (Å²) in [5, 5.41) is 0. The third kappa shape index (κ3) is 11.1. The second-order valence-corrected chi connectivity index (χ2v) is 8.41. The van der Waals surface area contributed by atoms with Crippen LogP contribution in [-0.2, 0) is 6.42 Å². The number of hydrogen-bond acceptors (Lipinski definition) is 3. The van der Waals surface area contributed by atoms with Crippen LogP contribution in [0.2, 0.25) is 0 Å². The van der Waals surface area contributed by atoms with Crippen LogP contribution in [0.4, 0.5) is 0 Å². The molecule has 1 heterocycles. The molecule has 3 heteroatoms. The van der Waals surface area contributed by atoms with E-state index in [0.29, 0.717) is 0 Å². The van der Waals surface area contributed by atoms with E-state index in [0.717, 1.165) is 36.6 Å². The van der Waals surface area contributed by atoms with E-state index in [9.17, 15) is 0 Å². The highest BCUT2D eigenvalue weighted by Crippen LogP contribution is 2.20. The molecule has 0 fully saturated rings. The van der Waals surface area contributed by atoms with Crippen LogP contribution in [0.25, 0.3) is 11.4 Å². The SMILES string of the molecule is CCCC=CCCCCCCOc1ccc(-c2ncc(CCCCCCC)cn2)cc1. The van der Waals surface area contributed by atoms with Crippen LogP contribution in [0.15, 0.2) is 48.8 Å². The van der Waals surface area contributed by atoms with Crippen molar-refractivity contribution in [2.45, 2.75) is 97.3 Å². The standard InChI is InChI=1S/C28H42N2O/c1-3-5-7-9-10-11-12-14-16-22-31-27-20-18-26(19-21-27)28-29-23-25(24-30-28)17-15-13-8-6-4-2/h7,9,18-21,23-24H,3-6,8,10-17,22H2,1-2H3. The van der Waals surface area contributed by atoms with Gasteiger partial charge in [-0.1, -0.05) is 70.9 Å². The number of ether oxygens (including phenoxy) is 1. The molecule has 31 heavy (non-hydrogen) atoms. The van der Waals surface area contributed by atoms with Gasteiger partial charge in [-0.15, -0.1) is 0 Å². The van der Waals surface area contributed by atoms with E-state index in [1.807, 2.05) is 24.5 Å². The fraction of sp³-hybridized carbons (Fsp3) is 0.571. The van der Waals surface area contributed by atoms with E-state index in [1.54, 1.807) is 0 Å². The quantitative estimate of drug-likeness (QED) is 0.190. The molecule has 0 saturated heterocycles. The summed E-state index contributed by atoms with van der Waals surface area (Å²) in [5.41, 5.74) is 2.27. The smallest absolute Gasteiger partial charge is 0.159 e. The van der Waals surface area contributed by atoms with Crippen LogP contribution in [0, 0.1) is 0 Å². The Morgan fingerprint density at radius 2 is 1.39 bits per heavy atom. The monoisotopic (exact) mass is 422 g/mol. The number of rotatable bonds is 17. The minimum atomic E-state index is 0.786. The third-order valence-corrected chi connectivity index (χ3v) is 5.54. The maximum Gasteiger partial charge on any atom is 0.159 e. The molecule has 0 radical (unpaired) electrons. The predicted octanol–water partition coefficient (Wildman–Crippen LogP) is 8.34. The van der Waals surface area contributed by atoms with Gasteiger partial charge in [0.15, 0.2) is 5.82 Å². The first-order chi connectivity index (χ1) is 15.3. The zero-order chi connectivity index (χ0) is 22.0. The molecule has 1 aromatic heterocycles. The lowest BCUT2D eigenvalue weighted by molar-refractivity contribution is 0.305. The second kappa shape index (κ2) is 16.5. The highest BCUT2D eigenvalue weighted by Gasteiger charge is 2.03. The first-order valence-electron chi connectivity index (χ1n) is 12.5. The van der Waals surface area contributed by atoms with Crippen molar-refractivity contribution in [1.29, 1.82) is 0 Å². The van der Waals surface area contributed by atoms with Gasteiger partial charge in [0.2, 0.25) is 0 Å². The Hall–Kier alpha value is -2.16. The Morgan fingerprint density at radius 3 is 2.13 bits per heavy atom. The molecule has 1 aromatic carbocycles. The van der Waals surface area contributed by atoms with E-state index in [1.165, 1.54) is 76.2 Å². The van der Waals surface area contributed by atoms with Gasteiger partial charge in [0.1, 0.15) is 5.75 Å². The van der Waals surface area contributed by atoms with Gasteiger partial charge in [-0.05, 0) is 68.4 Å². The molecular weight excluding hydrogens is 380 g/mol. The molecule has 0 amide bonds. The number of benzene rings is 1. The average Bonchev–Trinajstić information content (AvgIpc) is 2.81. The van der Waals surface area contributed by atoms with E-state index in [2.05, 4.69) is 48.1 Å². The number of nitrogens with zero attached hydrogens (tertiary/aromatic N) is 2. The van der Waals surface area contributed by atoms with Crippen LogP contribution >= 0.6 is 0 Å². The van der Waals surface area contributed by atoms with E-state index >= 15 is 0 Å². The number of unbranched alkanes of at least 4 members (excludes halogenated alkanes) is 9.